The Balaban J connectivity index is 1.88. The summed E-state index contributed by atoms with van der Waals surface area (Å²) in [5.74, 6) is 0.197. The fourth-order valence-corrected chi connectivity index (χ4v) is 3.05. The van der Waals surface area contributed by atoms with E-state index in [1.165, 1.54) is 0 Å². The maximum Gasteiger partial charge on any atom is 0.239 e. The molecule has 104 valence electrons. The highest BCUT2D eigenvalue weighted by Crippen LogP contribution is 2.21. The first-order valence-electron chi connectivity index (χ1n) is 6.54. The molecule has 1 aromatic carbocycles. The van der Waals surface area contributed by atoms with E-state index in [0.717, 1.165) is 36.0 Å². The molecule has 1 aliphatic rings. The monoisotopic (exact) mass is 344 g/mol. The van der Waals surface area contributed by atoms with Gasteiger partial charge in [0, 0.05) is 29.1 Å². The Kier molecular flexibility index (Phi) is 5.25. The summed E-state index contributed by atoms with van der Waals surface area (Å²) in [6.45, 7) is 4.37. The zero-order chi connectivity index (χ0) is 13.8. The Labute approximate surface area is 127 Å². The van der Waals surface area contributed by atoms with E-state index in [1.807, 2.05) is 30.0 Å². The van der Waals surface area contributed by atoms with Crippen molar-refractivity contribution in [1.82, 2.24) is 10.2 Å². The van der Waals surface area contributed by atoms with Crippen LogP contribution in [0.3, 0.4) is 0 Å². The molecule has 1 atom stereocenters. The Morgan fingerprint density at radius 1 is 1.47 bits per heavy atom. The maximum absolute atomic E-state index is 12.1. The molecule has 1 N–H and O–H groups in total. The molecule has 3 nitrogen and oxygen atoms in total. The quantitative estimate of drug-likeness (QED) is 0.909. The number of hydrogen-bond donors (Lipinski definition) is 1. The highest BCUT2D eigenvalue weighted by molar-refractivity contribution is 9.10. The van der Waals surface area contributed by atoms with Crippen LogP contribution in [0.1, 0.15) is 25.3 Å². The van der Waals surface area contributed by atoms with Gasteiger partial charge in [0.05, 0.1) is 6.04 Å². The molecule has 1 aromatic rings. The summed E-state index contributed by atoms with van der Waals surface area (Å²) in [5.41, 5.74) is 1.10. The van der Waals surface area contributed by atoms with E-state index in [4.69, 9.17) is 11.6 Å². The van der Waals surface area contributed by atoms with Crippen molar-refractivity contribution in [3.63, 3.8) is 0 Å². The largest absolute Gasteiger partial charge is 0.341 e. The minimum atomic E-state index is -0.152. The topological polar surface area (TPSA) is 32.3 Å². The number of carbonyl (C=O) groups is 1. The molecule has 5 heteroatoms. The van der Waals surface area contributed by atoms with Crippen molar-refractivity contribution in [2.24, 2.45) is 0 Å². The van der Waals surface area contributed by atoms with Crippen molar-refractivity contribution in [2.75, 3.05) is 13.1 Å². The SMILES string of the molecule is CC(NCc1ccc(Cl)cc1Br)C(=O)N1CCCC1. The zero-order valence-corrected chi connectivity index (χ0v) is 13.3. The summed E-state index contributed by atoms with van der Waals surface area (Å²) in [6.07, 6.45) is 2.25. The highest BCUT2D eigenvalue weighted by Gasteiger charge is 2.22. The van der Waals surface area contributed by atoms with Gasteiger partial charge in [-0.15, -0.1) is 0 Å². The molecular weight excluding hydrogens is 328 g/mol. The van der Waals surface area contributed by atoms with E-state index in [9.17, 15) is 4.79 Å². The molecule has 2 rings (SSSR count). The lowest BCUT2D eigenvalue weighted by Crippen LogP contribution is -2.43. The molecule has 1 saturated heterocycles. The van der Waals surface area contributed by atoms with Crippen molar-refractivity contribution < 1.29 is 4.79 Å². The third-order valence-corrected chi connectivity index (χ3v) is 4.38. The number of benzene rings is 1. The molecule has 1 aliphatic heterocycles. The number of amides is 1. The first-order valence-corrected chi connectivity index (χ1v) is 7.71. The third-order valence-electron chi connectivity index (χ3n) is 3.40. The van der Waals surface area contributed by atoms with Gasteiger partial charge in [-0.25, -0.2) is 0 Å². The lowest BCUT2D eigenvalue weighted by Gasteiger charge is -2.21. The van der Waals surface area contributed by atoms with E-state index in [0.29, 0.717) is 11.6 Å². The summed E-state index contributed by atoms with van der Waals surface area (Å²) < 4.78 is 0.966. The van der Waals surface area contributed by atoms with Gasteiger partial charge in [0.2, 0.25) is 5.91 Å². The summed E-state index contributed by atoms with van der Waals surface area (Å²) >= 11 is 9.39. The average molecular weight is 346 g/mol. The molecule has 1 amide bonds. The molecule has 0 bridgehead atoms. The maximum atomic E-state index is 12.1. The Bertz CT molecular complexity index is 461. The second-order valence-corrected chi connectivity index (χ2v) is 6.16. The van der Waals surface area contributed by atoms with E-state index < -0.39 is 0 Å². The van der Waals surface area contributed by atoms with Gasteiger partial charge in [0.15, 0.2) is 0 Å². The fraction of sp³-hybridized carbons (Fsp3) is 0.500. The lowest BCUT2D eigenvalue weighted by molar-refractivity contribution is -0.131. The van der Waals surface area contributed by atoms with Crippen LogP contribution in [-0.4, -0.2) is 29.9 Å². The van der Waals surface area contributed by atoms with Crippen molar-refractivity contribution in [3.8, 4) is 0 Å². The van der Waals surface area contributed by atoms with E-state index in [1.54, 1.807) is 0 Å². The first-order chi connectivity index (χ1) is 9.08. The van der Waals surface area contributed by atoms with E-state index in [-0.39, 0.29) is 11.9 Å². The summed E-state index contributed by atoms with van der Waals surface area (Å²) in [5, 5.41) is 3.98. The van der Waals surface area contributed by atoms with Gasteiger partial charge < -0.3 is 10.2 Å². The van der Waals surface area contributed by atoms with Crippen LogP contribution in [0.2, 0.25) is 5.02 Å². The molecule has 0 radical (unpaired) electrons. The van der Waals surface area contributed by atoms with Gasteiger partial charge >= 0.3 is 0 Å². The van der Waals surface area contributed by atoms with Gasteiger partial charge in [0.25, 0.3) is 0 Å². The van der Waals surface area contributed by atoms with Gasteiger partial charge in [0.1, 0.15) is 0 Å². The number of rotatable bonds is 4. The van der Waals surface area contributed by atoms with Crippen LogP contribution in [0.4, 0.5) is 0 Å². The normalized spacial score (nSPS) is 16.7. The number of likely N-dealkylation sites (tertiary alicyclic amines) is 1. The third kappa shape index (κ3) is 3.94. The zero-order valence-electron chi connectivity index (χ0n) is 11.0. The van der Waals surface area contributed by atoms with E-state index in [2.05, 4.69) is 21.2 Å². The van der Waals surface area contributed by atoms with Crippen LogP contribution in [0.25, 0.3) is 0 Å². The van der Waals surface area contributed by atoms with Gasteiger partial charge in [-0.1, -0.05) is 33.6 Å². The van der Waals surface area contributed by atoms with Crippen molar-refractivity contribution in [1.29, 1.82) is 0 Å². The lowest BCUT2D eigenvalue weighted by atomic mass is 10.2. The first kappa shape index (κ1) is 14.8. The number of carbonyl (C=O) groups excluding carboxylic acids is 1. The molecule has 0 aromatic heterocycles. The Morgan fingerprint density at radius 2 is 2.16 bits per heavy atom. The van der Waals surface area contributed by atoms with Gasteiger partial charge in [-0.3, -0.25) is 4.79 Å². The number of nitrogens with one attached hydrogen (secondary N) is 1. The molecular formula is C14H18BrClN2O. The second kappa shape index (κ2) is 6.73. The van der Waals surface area contributed by atoms with Gasteiger partial charge in [-0.05, 0) is 37.5 Å². The number of nitrogens with zero attached hydrogens (tertiary/aromatic N) is 1. The fourth-order valence-electron chi connectivity index (χ4n) is 2.23. The smallest absolute Gasteiger partial charge is 0.239 e. The Hall–Kier alpha value is -0.580. The Morgan fingerprint density at radius 3 is 2.79 bits per heavy atom. The number of hydrogen-bond acceptors (Lipinski definition) is 2. The molecule has 1 unspecified atom stereocenters. The summed E-state index contributed by atoms with van der Waals surface area (Å²) in [7, 11) is 0. The highest BCUT2D eigenvalue weighted by atomic mass is 79.9. The molecule has 19 heavy (non-hydrogen) atoms. The van der Waals surface area contributed by atoms with Crippen LogP contribution in [-0.2, 0) is 11.3 Å². The molecule has 0 saturated carbocycles. The van der Waals surface area contributed by atoms with Crippen molar-refractivity contribution >= 4 is 33.4 Å². The standard InChI is InChI=1S/C14H18BrClN2O/c1-10(14(19)18-6-2-3-7-18)17-9-11-4-5-12(16)8-13(11)15/h4-5,8,10,17H,2-3,6-7,9H2,1H3. The molecule has 1 heterocycles. The predicted molar refractivity (Wildman–Crippen MR) is 81.3 cm³/mol. The molecule has 0 spiro atoms. The second-order valence-electron chi connectivity index (χ2n) is 4.87. The predicted octanol–water partition coefficient (Wildman–Crippen LogP) is 3.20. The molecule has 1 fully saturated rings. The van der Waals surface area contributed by atoms with Crippen LogP contribution in [0, 0.1) is 0 Å². The minimum absolute atomic E-state index is 0.152. The van der Waals surface area contributed by atoms with E-state index >= 15 is 0 Å². The van der Waals surface area contributed by atoms with Crippen LogP contribution in [0.5, 0.6) is 0 Å². The van der Waals surface area contributed by atoms with Gasteiger partial charge in [-0.2, -0.15) is 0 Å². The average Bonchev–Trinajstić information content (AvgIpc) is 2.90. The van der Waals surface area contributed by atoms with Crippen LogP contribution in [0.15, 0.2) is 22.7 Å². The van der Waals surface area contributed by atoms with Crippen molar-refractivity contribution in [3.05, 3.63) is 33.3 Å². The van der Waals surface area contributed by atoms with Crippen LogP contribution < -0.4 is 5.32 Å². The minimum Gasteiger partial charge on any atom is -0.341 e. The number of halogens is 2. The van der Waals surface area contributed by atoms with Crippen molar-refractivity contribution in [2.45, 2.75) is 32.4 Å². The van der Waals surface area contributed by atoms with Crippen LogP contribution >= 0.6 is 27.5 Å². The molecule has 0 aliphatic carbocycles. The summed E-state index contributed by atoms with van der Waals surface area (Å²) in [6, 6.07) is 5.54. The summed E-state index contributed by atoms with van der Waals surface area (Å²) in [4.78, 5) is 14.1.